The highest BCUT2D eigenvalue weighted by Crippen LogP contribution is 2.25. The fourth-order valence-electron chi connectivity index (χ4n) is 3.58. The van der Waals surface area contributed by atoms with Crippen LogP contribution in [0.5, 0.6) is 0 Å². The maximum atomic E-state index is 12.6. The summed E-state index contributed by atoms with van der Waals surface area (Å²) in [6, 6.07) is 0.0601. The maximum Gasteiger partial charge on any atom is 0.317 e. The monoisotopic (exact) mass is 381 g/mol. The number of nitrogens with one attached hydrogen (secondary N) is 1. The predicted molar refractivity (Wildman–Crippen MR) is 99.6 cm³/mol. The van der Waals surface area contributed by atoms with Crippen LogP contribution in [0, 0.1) is 5.92 Å². The molecule has 0 aromatic carbocycles. The summed E-state index contributed by atoms with van der Waals surface area (Å²) in [5, 5.41) is 13.1. The number of aryl methyl sites for hydroxylation is 1. The molecule has 2 amide bonds. The number of carbonyl (C=O) groups excluding carboxylic acids is 1. The van der Waals surface area contributed by atoms with Gasteiger partial charge < -0.3 is 20.2 Å². The van der Waals surface area contributed by atoms with Crippen molar-refractivity contribution in [3.63, 3.8) is 0 Å². The van der Waals surface area contributed by atoms with Crippen molar-refractivity contribution in [3.8, 4) is 0 Å². The first-order valence-corrected chi connectivity index (χ1v) is 10.2. The van der Waals surface area contributed by atoms with Gasteiger partial charge in [0.05, 0.1) is 5.92 Å². The molecule has 1 aromatic heterocycles. The van der Waals surface area contributed by atoms with Crippen molar-refractivity contribution in [1.82, 2.24) is 19.6 Å². The first-order valence-electron chi connectivity index (χ1n) is 9.42. The zero-order valence-electron chi connectivity index (χ0n) is 15.2. The van der Waals surface area contributed by atoms with Gasteiger partial charge in [0.1, 0.15) is 5.82 Å². The highest BCUT2D eigenvalue weighted by Gasteiger charge is 2.28. The van der Waals surface area contributed by atoms with Crippen molar-refractivity contribution in [2.75, 3.05) is 31.1 Å². The summed E-state index contributed by atoms with van der Waals surface area (Å²) in [7, 11) is 0. The van der Waals surface area contributed by atoms with Crippen molar-refractivity contribution < 1.29 is 14.7 Å². The van der Waals surface area contributed by atoms with Crippen LogP contribution in [0.15, 0.2) is 0 Å². The van der Waals surface area contributed by atoms with E-state index in [0.29, 0.717) is 19.4 Å². The Morgan fingerprint density at radius 3 is 2.62 bits per heavy atom. The lowest BCUT2D eigenvalue weighted by Crippen LogP contribution is -2.47. The van der Waals surface area contributed by atoms with Crippen LogP contribution in [-0.4, -0.2) is 63.6 Å². The second kappa shape index (κ2) is 8.66. The molecule has 9 heteroatoms. The Kier molecular flexibility index (Phi) is 6.29. The largest absolute Gasteiger partial charge is 0.481 e. The smallest absolute Gasteiger partial charge is 0.317 e. The first kappa shape index (κ1) is 18.9. The van der Waals surface area contributed by atoms with Crippen LogP contribution in [0.3, 0.4) is 0 Å². The Hall–Kier alpha value is -1.90. The SMILES string of the molecule is CCc1nsc(N2CCCN(C(=O)NC3CCC(C(=O)O)CC3)CC2)n1. The molecule has 0 spiro atoms. The van der Waals surface area contributed by atoms with Gasteiger partial charge in [-0.05, 0) is 32.1 Å². The molecule has 1 aromatic rings. The summed E-state index contributed by atoms with van der Waals surface area (Å²) in [5.74, 6) is -0.0964. The average molecular weight is 382 g/mol. The lowest BCUT2D eigenvalue weighted by molar-refractivity contribution is -0.142. The molecule has 2 N–H and O–H groups in total. The van der Waals surface area contributed by atoms with Crippen LogP contribution in [0.1, 0.15) is 44.9 Å². The van der Waals surface area contributed by atoms with Crippen molar-refractivity contribution in [2.24, 2.45) is 5.92 Å². The normalized spacial score (nSPS) is 24.2. The van der Waals surface area contributed by atoms with Crippen molar-refractivity contribution in [2.45, 2.75) is 51.5 Å². The Morgan fingerprint density at radius 1 is 1.19 bits per heavy atom. The van der Waals surface area contributed by atoms with Crippen LogP contribution >= 0.6 is 11.5 Å². The molecular formula is C17H27N5O3S. The van der Waals surface area contributed by atoms with Crippen molar-refractivity contribution in [1.29, 1.82) is 0 Å². The Labute approximate surface area is 157 Å². The van der Waals surface area contributed by atoms with E-state index in [9.17, 15) is 9.59 Å². The summed E-state index contributed by atoms with van der Waals surface area (Å²) >= 11 is 1.43. The van der Waals surface area contributed by atoms with Gasteiger partial charge in [0.15, 0.2) is 0 Å². The molecule has 3 rings (SSSR count). The number of urea groups is 1. The highest BCUT2D eigenvalue weighted by molar-refractivity contribution is 7.09. The zero-order chi connectivity index (χ0) is 18.5. The van der Waals surface area contributed by atoms with Gasteiger partial charge in [-0.1, -0.05) is 6.92 Å². The fourth-order valence-corrected chi connectivity index (χ4v) is 4.38. The van der Waals surface area contributed by atoms with Crippen LogP contribution in [-0.2, 0) is 11.2 Å². The number of hydrogen-bond acceptors (Lipinski definition) is 6. The number of aliphatic carboxylic acids is 1. The van der Waals surface area contributed by atoms with E-state index in [2.05, 4.69) is 19.6 Å². The van der Waals surface area contributed by atoms with Gasteiger partial charge in [0, 0.05) is 50.2 Å². The number of rotatable bonds is 4. The summed E-state index contributed by atoms with van der Waals surface area (Å²) < 4.78 is 4.34. The van der Waals surface area contributed by atoms with E-state index >= 15 is 0 Å². The molecule has 26 heavy (non-hydrogen) atoms. The second-order valence-electron chi connectivity index (χ2n) is 7.01. The van der Waals surface area contributed by atoms with Gasteiger partial charge in [-0.3, -0.25) is 4.79 Å². The number of hydrogen-bond donors (Lipinski definition) is 2. The third-order valence-corrected chi connectivity index (χ3v) is 6.05. The topological polar surface area (TPSA) is 98.7 Å². The summed E-state index contributed by atoms with van der Waals surface area (Å²) in [5.41, 5.74) is 0. The molecule has 8 nitrogen and oxygen atoms in total. The Balaban J connectivity index is 1.48. The standard InChI is InChI=1S/C17H27N5O3S/c1-2-14-19-17(26-20-14)22-9-3-8-21(10-11-22)16(25)18-13-6-4-12(5-7-13)15(23)24/h12-13H,2-11H2,1H3,(H,18,25)(H,23,24). The van der Waals surface area contributed by atoms with E-state index in [4.69, 9.17) is 5.11 Å². The number of amides is 2. The molecule has 1 aliphatic heterocycles. The second-order valence-corrected chi connectivity index (χ2v) is 7.74. The van der Waals surface area contributed by atoms with E-state index in [0.717, 1.165) is 56.3 Å². The molecule has 0 bridgehead atoms. The number of carbonyl (C=O) groups is 2. The molecule has 2 aliphatic rings. The summed E-state index contributed by atoms with van der Waals surface area (Å²) in [6.07, 6.45) is 4.51. The molecule has 1 saturated heterocycles. The number of nitrogens with zero attached hydrogens (tertiary/aromatic N) is 4. The summed E-state index contributed by atoms with van der Waals surface area (Å²) in [6.45, 7) is 5.08. The Bertz CT molecular complexity index is 630. The molecule has 0 unspecified atom stereocenters. The van der Waals surface area contributed by atoms with E-state index in [1.165, 1.54) is 11.5 Å². The van der Waals surface area contributed by atoms with Crippen LogP contribution < -0.4 is 10.2 Å². The van der Waals surface area contributed by atoms with Crippen LogP contribution in [0.25, 0.3) is 0 Å². The van der Waals surface area contributed by atoms with Gasteiger partial charge in [-0.25, -0.2) is 9.78 Å². The molecular weight excluding hydrogens is 354 g/mol. The molecule has 1 aliphatic carbocycles. The van der Waals surface area contributed by atoms with Crippen LogP contribution in [0.4, 0.5) is 9.93 Å². The number of carboxylic acid groups (broad SMARTS) is 1. The summed E-state index contributed by atoms with van der Waals surface area (Å²) in [4.78, 5) is 32.2. The van der Waals surface area contributed by atoms with E-state index < -0.39 is 5.97 Å². The minimum absolute atomic E-state index is 0.0304. The minimum Gasteiger partial charge on any atom is -0.481 e. The number of carboxylic acids is 1. The molecule has 144 valence electrons. The quantitative estimate of drug-likeness (QED) is 0.827. The van der Waals surface area contributed by atoms with E-state index in [-0.39, 0.29) is 18.0 Å². The van der Waals surface area contributed by atoms with Crippen molar-refractivity contribution >= 4 is 28.7 Å². The maximum absolute atomic E-state index is 12.6. The van der Waals surface area contributed by atoms with Gasteiger partial charge in [0.25, 0.3) is 0 Å². The Morgan fingerprint density at radius 2 is 1.96 bits per heavy atom. The van der Waals surface area contributed by atoms with Crippen molar-refractivity contribution in [3.05, 3.63) is 5.82 Å². The molecule has 0 radical (unpaired) electrons. The molecule has 0 atom stereocenters. The van der Waals surface area contributed by atoms with Gasteiger partial charge in [-0.15, -0.1) is 0 Å². The van der Waals surface area contributed by atoms with E-state index in [1.807, 2.05) is 11.8 Å². The lowest BCUT2D eigenvalue weighted by Gasteiger charge is -2.29. The highest BCUT2D eigenvalue weighted by atomic mass is 32.1. The van der Waals surface area contributed by atoms with Gasteiger partial charge >= 0.3 is 12.0 Å². The average Bonchev–Trinajstić information content (AvgIpc) is 2.98. The minimum atomic E-state index is -0.717. The lowest BCUT2D eigenvalue weighted by atomic mass is 9.86. The van der Waals surface area contributed by atoms with E-state index in [1.54, 1.807) is 0 Å². The molecule has 1 saturated carbocycles. The molecule has 2 fully saturated rings. The number of anilines is 1. The zero-order valence-corrected chi connectivity index (χ0v) is 16.0. The third kappa shape index (κ3) is 4.63. The van der Waals surface area contributed by atoms with Crippen LogP contribution in [0.2, 0.25) is 0 Å². The third-order valence-electron chi connectivity index (χ3n) is 5.23. The molecule has 2 heterocycles. The fraction of sp³-hybridized carbons (Fsp3) is 0.765. The predicted octanol–water partition coefficient (Wildman–Crippen LogP) is 1.97. The number of aromatic nitrogens is 2. The van der Waals surface area contributed by atoms with Gasteiger partial charge in [0.2, 0.25) is 5.13 Å². The van der Waals surface area contributed by atoms with Gasteiger partial charge in [-0.2, -0.15) is 4.37 Å². The first-order chi connectivity index (χ1) is 12.6.